The van der Waals surface area contributed by atoms with Crippen LogP contribution in [0, 0.1) is 0 Å². The lowest BCUT2D eigenvalue weighted by atomic mass is 9.89. The van der Waals surface area contributed by atoms with E-state index in [9.17, 15) is 0 Å². The minimum Gasteiger partial charge on any atom is -0.494 e. The van der Waals surface area contributed by atoms with Gasteiger partial charge in [0.25, 0.3) is 0 Å². The summed E-state index contributed by atoms with van der Waals surface area (Å²) in [5.41, 5.74) is 8.64. The molecule has 2 rings (SSSR count). The average Bonchev–Trinajstić information content (AvgIpc) is 2.47. The van der Waals surface area contributed by atoms with Crippen molar-refractivity contribution in [2.45, 2.75) is 25.8 Å². The van der Waals surface area contributed by atoms with E-state index in [1.165, 1.54) is 5.56 Å². The molecule has 0 amide bonds. The van der Waals surface area contributed by atoms with Crippen molar-refractivity contribution in [2.24, 2.45) is 5.73 Å². The van der Waals surface area contributed by atoms with Crippen molar-refractivity contribution in [1.82, 2.24) is 4.98 Å². The van der Waals surface area contributed by atoms with Crippen molar-refractivity contribution in [2.75, 3.05) is 6.61 Å². The van der Waals surface area contributed by atoms with Crippen molar-refractivity contribution in [3.63, 3.8) is 0 Å². The Bertz CT molecular complexity index is 513. The lowest BCUT2D eigenvalue weighted by Crippen LogP contribution is -2.18. The second-order valence-electron chi connectivity index (χ2n) is 4.57. The molecule has 0 saturated heterocycles. The summed E-state index contributed by atoms with van der Waals surface area (Å²) >= 11 is 0. The number of nitrogens with two attached hydrogens (primary N) is 1. The number of hydrogen-bond donors (Lipinski definition) is 1. The molecule has 2 N–H and O–H groups in total. The minimum absolute atomic E-state index is 0.0925. The van der Waals surface area contributed by atoms with E-state index in [-0.39, 0.29) is 12.0 Å². The van der Waals surface area contributed by atoms with E-state index in [0.717, 1.165) is 11.3 Å². The molecule has 2 unspecified atom stereocenters. The van der Waals surface area contributed by atoms with Gasteiger partial charge < -0.3 is 10.5 Å². The van der Waals surface area contributed by atoms with Crippen LogP contribution in [0.15, 0.2) is 48.8 Å². The van der Waals surface area contributed by atoms with Gasteiger partial charge in [0.1, 0.15) is 5.75 Å². The van der Waals surface area contributed by atoms with E-state index in [1.807, 2.05) is 43.3 Å². The van der Waals surface area contributed by atoms with E-state index < -0.39 is 0 Å². The number of ether oxygens (including phenoxy) is 1. The fourth-order valence-electron chi connectivity index (χ4n) is 2.19. The third-order valence-electron chi connectivity index (χ3n) is 3.35. The molecule has 1 aromatic carbocycles. The molecular weight excluding hydrogens is 236 g/mol. The van der Waals surface area contributed by atoms with Gasteiger partial charge in [-0.25, -0.2) is 0 Å². The second kappa shape index (κ2) is 6.34. The monoisotopic (exact) mass is 256 g/mol. The summed E-state index contributed by atoms with van der Waals surface area (Å²) in [6, 6.07) is 11.9. The molecule has 0 fully saturated rings. The SMILES string of the molecule is CCOc1ccccc1C(N)C(C)c1ccncc1. The Morgan fingerprint density at radius 3 is 2.53 bits per heavy atom. The molecule has 3 heteroatoms. The summed E-state index contributed by atoms with van der Waals surface area (Å²) < 4.78 is 5.65. The first-order valence-electron chi connectivity index (χ1n) is 6.61. The van der Waals surface area contributed by atoms with Gasteiger partial charge >= 0.3 is 0 Å². The molecule has 0 saturated carbocycles. The highest BCUT2D eigenvalue weighted by atomic mass is 16.5. The molecule has 0 spiro atoms. The summed E-state index contributed by atoms with van der Waals surface area (Å²) in [7, 11) is 0. The number of pyridine rings is 1. The van der Waals surface area contributed by atoms with E-state index in [2.05, 4.69) is 11.9 Å². The second-order valence-corrected chi connectivity index (χ2v) is 4.57. The van der Waals surface area contributed by atoms with Crippen LogP contribution in [0.4, 0.5) is 0 Å². The Morgan fingerprint density at radius 1 is 1.16 bits per heavy atom. The molecule has 100 valence electrons. The van der Waals surface area contributed by atoms with Crippen LogP contribution in [0.5, 0.6) is 5.75 Å². The van der Waals surface area contributed by atoms with Crippen LogP contribution in [0.25, 0.3) is 0 Å². The van der Waals surface area contributed by atoms with Crippen LogP contribution in [0.2, 0.25) is 0 Å². The number of nitrogens with zero attached hydrogens (tertiary/aromatic N) is 1. The van der Waals surface area contributed by atoms with Crippen molar-refractivity contribution >= 4 is 0 Å². The molecule has 1 aromatic heterocycles. The van der Waals surface area contributed by atoms with E-state index in [1.54, 1.807) is 12.4 Å². The highest BCUT2D eigenvalue weighted by molar-refractivity contribution is 5.38. The highest BCUT2D eigenvalue weighted by Gasteiger charge is 2.19. The number of aromatic nitrogens is 1. The van der Waals surface area contributed by atoms with Crippen LogP contribution in [0.3, 0.4) is 0 Å². The Kier molecular flexibility index (Phi) is 4.53. The lowest BCUT2D eigenvalue weighted by molar-refractivity contribution is 0.332. The van der Waals surface area contributed by atoms with Crippen molar-refractivity contribution < 1.29 is 4.74 Å². The average molecular weight is 256 g/mol. The summed E-state index contributed by atoms with van der Waals surface area (Å²) in [5.74, 6) is 1.09. The minimum atomic E-state index is -0.0925. The molecule has 0 radical (unpaired) electrons. The van der Waals surface area contributed by atoms with Crippen LogP contribution >= 0.6 is 0 Å². The number of para-hydroxylation sites is 1. The standard InChI is InChI=1S/C16H20N2O/c1-3-19-15-7-5-4-6-14(15)16(17)12(2)13-8-10-18-11-9-13/h4-12,16H,3,17H2,1-2H3. The maximum absolute atomic E-state index is 6.40. The van der Waals surface area contributed by atoms with Gasteiger partial charge in [-0.3, -0.25) is 4.98 Å². The third-order valence-corrected chi connectivity index (χ3v) is 3.35. The fourth-order valence-corrected chi connectivity index (χ4v) is 2.19. The van der Waals surface area contributed by atoms with Crippen LogP contribution in [-0.4, -0.2) is 11.6 Å². The predicted octanol–water partition coefficient (Wildman–Crippen LogP) is 3.28. The number of rotatable bonds is 5. The van der Waals surface area contributed by atoms with Crippen LogP contribution in [0.1, 0.15) is 36.9 Å². The number of hydrogen-bond acceptors (Lipinski definition) is 3. The zero-order valence-electron chi connectivity index (χ0n) is 11.4. The van der Waals surface area contributed by atoms with Crippen LogP contribution < -0.4 is 10.5 Å². The molecule has 3 nitrogen and oxygen atoms in total. The van der Waals surface area contributed by atoms with E-state index in [0.29, 0.717) is 6.61 Å². The largest absolute Gasteiger partial charge is 0.494 e. The van der Waals surface area contributed by atoms with Crippen molar-refractivity contribution in [3.05, 3.63) is 59.9 Å². The molecular formula is C16H20N2O. The summed E-state index contributed by atoms with van der Waals surface area (Å²) in [4.78, 5) is 4.04. The molecule has 2 aromatic rings. The summed E-state index contributed by atoms with van der Waals surface area (Å²) in [6.45, 7) is 4.75. The van der Waals surface area contributed by atoms with Crippen LogP contribution in [-0.2, 0) is 0 Å². The van der Waals surface area contributed by atoms with Gasteiger partial charge in [0.2, 0.25) is 0 Å². The lowest BCUT2D eigenvalue weighted by Gasteiger charge is -2.22. The van der Waals surface area contributed by atoms with Gasteiger partial charge in [-0.1, -0.05) is 25.1 Å². The summed E-state index contributed by atoms with van der Waals surface area (Å²) in [5, 5.41) is 0. The molecule has 0 aliphatic rings. The predicted molar refractivity (Wildman–Crippen MR) is 77.2 cm³/mol. The number of benzene rings is 1. The smallest absolute Gasteiger partial charge is 0.124 e. The quantitative estimate of drug-likeness (QED) is 0.893. The van der Waals surface area contributed by atoms with Crippen molar-refractivity contribution in [1.29, 1.82) is 0 Å². The zero-order valence-corrected chi connectivity index (χ0v) is 11.4. The molecule has 0 aliphatic heterocycles. The maximum atomic E-state index is 6.40. The van der Waals surface area contributed by atoms with E-state index in [4.69, 9.17) is 10.5 Å². The Hall–Kier alpha value is -1.87. The molecule has 0 bridgehead atoms. The summed E-state index contributed by atoms with van der Waals surface area (Å²) in [6.07, 6.45) is 3.60. The molecule has 19 heavy (non-hydrogen) atoms. The Labute approximate surface area is 114 Å². The fraction of sp³-hybridized carbons (Fsp3) is 0.312. The zero-order chi connectivity index (χ0) is 13.7. The van der Waals surface area contributed by atoms with E-state index >= 15 is 0 Å². The Balaban J connectivity index is 2.26. The maximum Gasteiger partial charge on any atom is 0.124 e. The Morgan fingerprint density at radius 2 is 1.84 bits per heavy atom. The normalized spacial score (nSPS) is 13.8. The van der Waals surface area contributed by atoms with Gasteiger partial charge in [-0.2, -0.15) is 0 Å². The first-order chi connectivity index (χ1) is 9.24. The van der Waals surface area contributed by atoms with Gasteiger partial charge in [-0.15, -0.1) is 0 Å². The first-order valence-corrected chi connectivity index (χ1v) is 6.61. The third kappa shape index (κ3) is 3.12. The molecule has 1 heterocycles. The first kappa shape index (κ1) is 13.6. The van der Waals surface area contributed by atoms with Gasteiger partial charge in [0, 0.05) is 29.9 Å². The molecule has 2 atom stereocenters. The topological polar surface area (TPSA) is 48.1 Å². The molecule has 0 aliphatic carbocycles. The highest BCUT2D eigenvalue weighted by Crippen LogP contribution is 2.33. The van der Waals surface area contributed by atoms with Crippen molar-refractivity contribution in [3.8, 4) is 5.75 Å². The van der Waals surface area contributed by atoms with Gasteiger partial charge in [0.05, 0.1) is 6.61 Å². The van der Waals surface area contributed by atoms with Gasteiger partial charge in [0.15, 0.2) is 0 Å². The van der Waals surface area contributed by atoms with Gasteiger partial charge in [-0.05, 0) is 30.7 Å².